The van der Waals surface area contributed by atoms with Crippen LogP contribution in [0.3, 0.4) is 0 Å². The number of anilines is 1. The second kappa shape index (κ2) is 7.99. The predicted octanol–water partition coefficient (Wildman–Crippen LogP) is 4.57. The number of carbonyl (C=O) groups is 2. The van der Waals surface area contributed by atoms with Crippen LogP contribution >= 0.6 is 11.8 Å². The Hall–Kier alpha value is -2.67. The number of benzene rings is 2. The summed E-state index contributed by atoms with van der Waals surface area (Å²) in [6, 6.07) is 11.8. The molecule has 1 heterocycles. The molecule has 2 amide bonds. The van der Waals surface area contributed by atoms with Crippen LogP contribution in [0, 0.1) is 19.7 Å². The minimum Gasteiger partial charge on any atom is -0.326 e. The van der Waals surface area contributed by atoms with Gasteiger partial charge in [-0.2, -0.15) is 0 Å². The van der Waals surface area contributed by atoms with Crippen molar-refractivity contribution in [3.8, 4) is 0 Å². The first-order valence-corrected chi connectivity index (χ1v) is 10.5. The number of nitrogens with zero attached hydrogens (tertiary/aromatic N) is 2. The van der Waals surface area contributed by atoms with Crippen LogP contribution in [0.4, 0.5) is 15.8 Å². The van der Waals surface area contributed by atoms with Crippen LogP contribution in [0.5, 0.6) is 0 Å². The van der Waals surface area contributed by atoms with Gasteiger partial charge in [0.05, 0.1) is 5.69 Å². The van der Waals surface area contributed by atoms with E-state index < -0.39 is 5.25 Å². The molecule has 1 saturated carbocycles. The number of aryl methyl sites for hydroxylation is 2. The number of aliphatic imine (C=N–C) groups is 1. The fourth-order valence-corrected chi connectivity index (χ4v) is 4.55. The number of nitrogens with one attached hydrogen (secondary N) is 1. The molecule has 1 aliphatic heterocycles. The Morgan fingerprint density at radius 2 is 1.83 bits per heavy atom. The van der Waals surface area contributed by atoms with Crippen molar-refractivity contribution in [2.24, 2.45) is 4.99 Å². The smallest absolute Gasteiger partial charge is 0.242 e. The van der Waals surface area contributed by atoms with Crippen molar-refractivity contribution in [3.63, 3.8) is 0 Å². The third-order valence-electron chi connectivity index (χ3n) is 5.02. The minimum absolute atomic E-state index is 0.0515. The highest BCUT2D eigenvalue weighted by molar-refractivity contribution is 8.15. The molecule has 1 aliphatic carbocycles. The van der Waals surface area contributed by atoms with E-state index in [1.54, 1.807) is 4.90 Å². The van der Waals surface area contributed by atoms with E-state index in [0.717, 1.165) is 29.7 Å². The van der Waals surface area contributed by atoms with Gasteiger partial charge in [0.25, 0.3) is 0 Å². The number of amidine groups is 1. The van der Waals surface area contributed by atoms with E-state index in [1.165, 1.54) is 36.0 Å². The van der Waals surface area contributed by atoms with Crippen molar-refractivity contribution >= 4 is 40.1 Å². The predicted molar refractivity (Wildman–Crippen MR) is 114 cm³/mol. The van der Waals surface area contributed by atoms with Crippen molar-refractivity contribution in [2.45, 2.75) is 44.4 Å². The van der Waals surface area contributed by atoms with E-state index >= 15 is 0 Å². The molecular weight excluding hydrogens is 389 g/mol. The van der Waals surface area contributed by atoms with E-state index in [-0.39, 0.29) is 30.1 Å². The quantitative estimate of drug-likeness (QED) is 0.784. The average Bonchev–Trinajstić information content (AvgIpc) is 3.46. The van der Waals surface area contributed by atoms with Crippen LogP contribution in [-0.4, -0.2) is 33.2 Å². The molecule has 29 heavy (non-hydrogen) atoms. The molecule has 0 spiro atoms. The van der Waals surface area contributed by atoms with Gasteiger partial charge in [0, 0.05) is 18.2 Å². The molecule has 5 nitrogen and oxygen atoms in total. The lowest BCUT2D eigenvalue weighted by atomic mass is 10.1. The highest BCUT2D eigenvalue weighted by Crippen LogP contribution is 2.40. The van der Waals surface area contributed by atoms with Crippen LogP contribution < -0.4 is 5.32 Å². The molecule has 1 atom stereocenters. The molecule has 0 bridgehead atoms. The molecule has 1 N–H and O–H groups in total. The molecule has 4 rings (SSSR count). The molecule has 2 fully saturated rings. The number of thioether (sulfide) groups is 1. The Kier molecular flexibility index (Phi) is 5.41. The first-order chi connectivity index (χ1) is 13.9. The number of rotatable bonds is 5. The van der Waals surface area contributed by atoms with Gasteiger partial charge in [-0.05, 0) is 62.1 Å². The molecule has 7 heteroatoms. The van der Waals surface area contributed by atoms with Crippen LogP contribution in [0.15, 0.2) is 47.5 Å². The molecule has 0 radical (unpaired) electrons. The summed E-state index contributed by atoms with van der Waals surface area (Å²) in [5, 5.41) is 2.90. The van der Waals surface area contributed by atoms with Crippen LogP contribution in [0.2, 0.25) is 0 Å². The summed E-state index contributed by atoms with van der Waals surface area (Å²) in [7, 11) is 0. The molecular formula is C22H22FN3O2S. The van der Waals surface area contributed by atoms with E-state index in [0.29, 0.717) is 10.9 Å². The van der Waals surface area contributed by atoms with Gasteiger partial charge in [-0.25, -0.2) is 9.38 Å². The van der Waals surface area contributed by atoms with Gasteiger partial charge in [-0.15, -0.1) is 0 Å². The SMILES string of the molecule is Cc1cccc(C)c1N=C1S[C@H](CC(=O)Nc2ccc(F)cc2)C(=O)N1C1CC1. The number of amides is 2. The van der Waals surface area contributed by atoms with Gasteiger partial charge >= 0.3 is 0 Å². The van der Waals surface area contributed by atoms with Crippen molar-refractivity contribution in [2.75, 3.05) is 5.32 Å². The van der Waals surface area contributed by atoms with E-state index in [1.807, 2.05) is 32.0 Å². The zero-order valence-electron chi connectivity index (χ0n) is 16.3. The highest BCUT2D eigenvalue weighted by atomic mass is 32.2. The van der Waals surface area contributed by atoms with Crippen LogP contribution in [-0.2, 0) is 9.59 Å². The summed E-state index contributed by atoms with van der Waals surface area (Å²) < 4.78 is 13.0. The Labute approximate surface area is 173 Å². The summed E-state index contributed by atoms with van der Waals surface area (Å²) in [6.07, 6.45) is 1.98. The van der Waals surface area contributed by atoms with Gasteiger partial charge in [-0.3, -0.25) is 14.5 Å². The van der Waals surface area contributed by atoms with Gasteiger partial charge in [0.1, 0.15) is 11.1 Å². The maximum atomic E-state index is 13.0. The second-order valence-electron chi connectivity index (χ2n) is 7.44. The van der Waals surface area contributed by atoms with Gasteiger partial charge in [0.2, 0.25) is 11.8 Å². The number of hydrogen-bond donors (Lipinski definition) is 1. The maximum Gasteiger partial charge on any atom is 0.242 e. The Morgan fingerprint density at radius 1 is 1.17 bits per heavy atom. The van der Waals surface area contributed by atoms with Crippen molar-refractivity contribution in [1.29, 1.82) is 0 Å². The summed E-state index contributed by atoms with van der Waals surface area (Å²) in [4.78, 5) is 32.0. The number of carbonyl (C=O) groups excluding carboxylic acids is 2. The summed E-state index contributed by atoms with van der Waals surface area (Å²) >= 11 is 1.35. The van der Waals surface area contributed by atoms with Gasteiger partial charge < -0.3 is 5.32 Å². The third-order valence-corrected chi connectivity index (χ3v) is 6.18. The van der Waals surface area contributed by atoms with E-state index in [4.69, 9.17) is 4.99 Å². The summed E-state index contributed by atoms with van der Waals surface area (Å²) in [5.41, 5.74) is 3.50. The Morgan fingerprint density at radius 3 is 2.45 bits per heavy atom. The second-order valence-corrected chi connectivity index (χ2v) is 8.61. The largest absolute Gasteiger partial charge is 0.326 e. The fraction of sp³-hybridized carbons (Fsp3) is 0.318. The molecule has 2 aliphatic rings. The van der Waals surface area contributed by atoms with E-state index in [9.17, 15) is 14.0 Å². The topological polar surface area (TPSA) is 61.8 Å². The lowest BCUT2D eigenvalue weighted by Crippen LogP contribution is -2.35. The third kappa shape index (κ3) is 4.34. The van der Waals surface area contributed by atoms with Crippen molar-refractivity contribution in [3.05, 3.63) is 59.4 Å². The van der Waals surface area contributed by atoms with Gasteiger partial charge in [-0.1, -0.05) is 30.0 Å². The average molecular weight is 412 g/mol. The van der Waals surface area contributed by atoms with Crippen LogP contribution in [0.1, 0.15) is 30.4 Å². The normalized spacial score (nSPS) is 20.4. The first kappa shape index (κ1) is 19.6. The number of hydrogen-bond acceptors (Lipinski definition) is 4. The van der Waals surface area contributed by atoms with Crippen molar-refractivity contribution in [1.82, 2.24) is 4.90 Å². The van der Waals surface area contributed by atoms with Gasteiger partial charge in [0.15, 0.2) is 5.17 Å². The lowest BCUT2D eigenvalue weighted by Gasteiger charge is -2.16. The standard InChI is InChI=1S/C22H22FN3O2S/c1-13-4-3-5-14(2)20(13)25-22-26(17-10-11-17)21(28)18(29-22)12-19(27)24-16-8-6-15(23)7-9-16/h3-9,17-18H,10-12H2,1-2H3,(H,24,27)/t18-/m1/s1. The summed E-state index contributed by atoms with van der Waals surface area (Å²) in [6.45, 7) is 4.01. The highest BCUT2D eigenvalue weighted by Gasteiger charge is 2.46. The maximum absolute atomic E-state index is 13.0. The summed E-state index contributed by atoms with van der Waals surface area (Å²) in [5.74, 6) is -0.694. The lowest BCUT2D eigenvalue weighted by molar-refractivity contribution is -0.128. The number of halogens is 1. The molecule has 2 aromatic rings. The molecule has 0 aromatic heterocycles. The molecule has 2 aromatic carbocycles. The Bertz CT molecular complexity index is 966. The first-order valence-electron chi connectivity index (χ1n) is 9.62. The van der Waals surface area contributed by atoms with Crippen LogP contribution in [0.25, 0.3) is 0 Å². The molecule has 1 saturated heterocycles. The molecule has 0 unspecified atom stereocenters. The fourth-order valence-electron chi connectivity index (χ4n) is 3.35. The number of para-hydroxylation sites is 1. The molecule has 150 valence electrons. The monoisotopic (exact) mass is 411 g/mol. The zero-order chi connectivity index (χ0) is 20.5. The zero-order valence-corrected chi connectivity index (χ0v) is 17.1. The van der Waals surface area contributed by atoms with Crippen molar-refractivity contribution < 1.29 is 14.0 Å². The minimum atomic E-state index is -0.501. The van der Waals surface area contributed by atoms with E-state index in [2.05, 4.69) is 5.32 Å². The Balaban J connectivity index is 1.52.